The molecule has 0 atom stereocenters. The van der Waals surface area contributed by atoms with Crippen LogP contribution in [0.15, 0.2) is 48.0 Å². The predicted octanol–water partition coefficient (Wildman–Crippen LogP) is 4.73. The second-order valence-corrected chi connectivity index (χ2v) is 5.98. The van der Waals surface area contributed by atoms with Gasteiger partial charge in [-0.3, -0.25) is 4.79 Å². The zero-order valence-corrected chi connectivity index (χ0v) is 15.9. The van der Waals surface area contributed by atoms with Crippen LogP contribution in [0.4, 0.5) is 5.69 Å². The topological polar surface area (TPSA) is 71.3 Å². The normalized spacial score (nSPS) is 10.8. The highest BCUT2D eigenvalue weighted by atomic mass is 16.5. The summed E-state index contributed by atoms with van der Waals surface area (Å²) in [6.07, 6.45) is 2.43. The van der Waals surface area contributed by atoms with Crippen molar-refractivity contribution in [1.29, 1.82) is 5.26 Å². The van der Waals surface area contributed by atoms with Crippen molar-refractivity contribution >= 4 is 17.7 Å². The third-order valence-electron chi connectivity index (χ3n) is 3.68. The molecule has 5 nitrogen and oxygen atoms in total. The SMILES string of the molecule is CCCOc1ccc(/C=C(/C#N)C(=O)Nc2cccc(C)c2)cc1OCC. The highest BCUT2D eigenvalue weighted by molar-refractivity contribution is 6.09. The van der Waals surface area contributed by atoms with E-state index in [1.807, 2.05) is 45.0 Å². The van der Waals surface area contributed by atoms with Crippen molar-refractivity contribution in [3.8, 4) is 17.6 Å². The number of nitrogens with zero attached hydrogens (tertiary/aromatic N) is 1. The molecule has 0 bridgehead atoms. The van der Waals surface area contributed by atoms with Crippen LogP contribution in [0.25, 0.3) is 6.08 Å². The third kappa shape index (κ3) is 5.89. The first-order chi connectivity index (χ1) is 13.1. The van der Waals surface area contributed by atoms with Crippen molar-refractivity contribution in [2.24, 2.45) is 0 Å². The first kappa shape index (κ1) is 20.1. The molecule has 0 aliphatic rings. The Kier molecular flexibility index (Phi) is 7.45. The second-order valence-electron chi connectivity index (χ2n) is 5.98. The molecular formula is C22H24N2O3. The van der Waals surface area contributed by atoms with Crippen molar-refractivity contribution in [1.82, 2.24) is 0 Å². The van der Waals surface area contributed by atoms with E-state index in [0.29, 0.717) is 36.0 Å². The summed E-state index contributed by atoms with van der Waals surface area (Å²) in [7, 11) is 0. The molecule has 0 radical (unpaired) electrons. The number of benzene rings is 2. The Hall–Kier alpha value is -3.26. The fraction of sp³-hybridized carbons (Fsp3) is 0.273. The van der Waals surface area contributed by atoms with Gasteiger partial charge in [-0.25, -0.2) is 0 Å². The van der Waals surface area contributed by atoms with Crippen LogP contribution in [0.3, 0.4) is 0 Å². The van der Waals surface area contributed by atoms with E-state index in [4.69, 9.17) is 9.47 Å². The molecule has 5 heteroatoms. The Morgan fingerprint density at radius 1 is 1.15 bits per heavy atom. The monoisotopic (exact) mass is 364 g/mol. The van der Waals surface area contributed by atoms with Gasteiger partial charge in [0.2, 0.25) is 0 Å². The summed E-state index contributed by atoms with van der Waals surface area (Å²) in [4.78, 5) is 12.4. The summed E-state index contributed by atoms with van der Waals surface area (Å²) < 4.78 is 11.3. The Balaban J connectivity index is 2.24. The maximum Gasteiger partial charge on any atom is 0.266 e. The molecule has 0 aliphatic heterocycles. The van der Waals surface area contributed by atoms with Gasteiger partial charge < -0.3 is 14.8 Å². The van der Waals surface area contributed by atoms with Crippen molar-refractivity contribution in [2.45, 2.75) is 27.2 Å². The van der Waals surface area contributed by atoms with Gasteiger partial charge in [-0.2, -0.15) is 5.26 Å². The van der Waals surface area contributed by atoms with E-state index < -0.39 is 5.91 Å². The number of nitrogens with one attached hydrogen (secondary N) is 1. The van der Waals surface area contributed by atoms with Gasteiger partial charge in [0.05, 0.1) is 13.2 Å². The smallest absolute Gasteiger partial charge is 0.266 e. The summed E-state index contributed by atoms with van der Waals surface area (Å²) >= 11 is 0. The molecule has 0 fully saturated rings. The van der Waals surface area contributed by atoms with Crippen molar-refractivity contribution in [3.63, 3.8) is 0 Å². The fourth-order valence-electron chi connectivity index (χ4n) is 2.45. The third-order valence-corrected chi connectivity index (χ3v) is 3.68. The summed E-state index contributed by atoms with van der Waals surface area (Å²) in [5.41, 5.74) is 2.39. The van der Waals surface area contributed by atoms with Crippen LogP contribution in [0.2, 0.25) is 0 Å². The molecule has 0 saturated heterocycles. The predicted molar refractivity (Wildman–Crippen MR) is 107 cm³/mol. The number of hydrogen-bond acceptors (Lipinski definition) is 4. The van der Waals surface area contributed by atoms with Crippen LogP contribution in [-0.4, -0.2) is 19.1 Å². The molecular weight excluding hydrogens is 340 g/mol. The van der Waals surface area contributed by atoms with Crippen LogP contribution in [-0.2, 0) is 4.79 Å². The number of rotatable bonds is 8. The molecule has 2 aromatic rings. The molecule has 1 N–H and O–H groups in total. The van der Waals surface area contributed by atoms with Crippen molar-refractivity contribution < 1.29 is 14.3 Å². The zero-order valence-electron chi connectivity index (χ0n) is 15.9. The highest BCUT2D eigenvalue weighted by Gasteiger charge is 2.11. The minimum atomic E-state index is -0.452. The average Bonchev–Trinajstić information content (AvgIpc) is 2.65. The van der Waals surface area contributed by atoms with Gasteiger partial charge >= 0.3 is 0 Å². The van der Waals surface area contributed by atoms with Crippen LogP contribution >= 0.6 is 0 Å². The highest BCUT2D eigenvalue weighted by Crippen LogP contribution is 2.29. The van der Waals surface area contributed by atoms with Gasteiger partial charge in [0.25, 0.3) is 5.91 Å². The molecule has 0 aromatic heterocycles. The Morgan fingerprint density at radius 2 is 1.96 bits per heavy atom. The second kappa shape index (κ2) is 10.0. The summed E-state index contributed by atoms with van der Waals surface area (Å²) in [6, 6.07) is 14.7. The van der Waals surface area contributed by atoms with E-state index in [2.05, 4.69) is 5.32 Å². The van der Waals surface area contributed by atoms with Gasteiger partial charge in [0.1, 0.15) is 11.6 Å². The Bertz CT molecular complexity index is 866. The largest absolute Gasteiger partial charge is 0.490 e. The molecule has 2 aromatic carbocycles. The number of ether oxygens (including phenoxy) is 2. The number of carbonyl (C=O) groups is 1. The fourth-order valence-corrected chi connectivity index (χ4v) is 2.45. The number of amides is 1. The van der Waals surface area contributed by atoms with Gasteiger partial charge in [0, 0.05) is 5.69 Å². The quantitative estimate of drug-likeness (QED) is 0.543. The van der Waals surface area contributed by atoms with Crippen LogP contribution < -0.4 is 14.8 Å². The zero-order chi connectivity index (χ0) is 19.6. The van der Waals surface area contributed by atoms with Gasteiger partial charge in [-0.05, 0) is 61.7 Å². The molecule has 0 saturated carbocycles. The molecule has 0 unspecified atom stereocenters. The van der Waals surface area contributed by atoms with E-state index in [-0.39, 0.29) is 5.57 Å². The van der Waals surface area contributed by atoms with Crippen LogP contribution in [0.5, 0.6) is 11.5 Å². The summed E-state index contributed by atoms with van der Waals surface area (Å²) in [6.45, 7) is 6.95. The number of aryl methyl sites for hydroxylation is 1. The first-order valence-electron chi connectivity index (χ1n) is 8.96. The molecule has 2 rings (SSSR count). The lowest BCUT2D eigenvalue weighted by Gasteiger charge is -2.12. The standard InChI is InChI=1S/C22H24N2O3/c1-4-11-27-20-10-9-17(14-21(20)26-5-2)13-18(15-23)22(25)24-19-8-6-7-16(3)12-19/h6-10,12-14H,4-5,11H2,1-3H3,(H,24,25)/b18-13-. The van der Waals surface area contributed by atoms with Crippen molar-refractivity contribution in [3.05, 3.63) is 59.2 Å². The molecule has 27 heavy (non-hydrogen) atoms. The molecule has 0 heterocycles. The van der Waals surface area contributed by atoms with Crippen LogP contribution in [0, 0.1) is 18.3 Å². The Morgan fingerprint density at radius 3 is 2.63 bits per heavy atom. The van der Waals surface area contributed by atoms with E-state index in [1.165, 1.54) is 6.08 Å². The van der Waals surface area contributed by atoms with E-state index in [9.17, 15) is 10.1 Å². The lowest BCUT2D eigenvalue weighted by molar-refractivity contribution is -0.112. The number of anilines is 1. The van der Waals surface area contributed by atoms with E-state index in [1.54, 1.807) is 24.3 Å². The molecule has 140 valence electrons. The van der Waals surface area contributed by atoms with E-state index >= 15 is 0 Å². The average molecular weight is 364 g/mol. The maximum absolute atomic E-state index is 12.4. The molecule has 1 amide bonds. The molecule has 0 aliphatic carbocycles. The van der Waals surface area contributed by atoms with Crippen molar-refractivity contribution in [2.75, 3.05) is 18.5 Å². The van der Waals surface area contributed by atoms with E-state index in [0.717, 1.165) is 12.0 Å². The Labute approximate surface area is 160 Å². The van der Waals surface area contributed by atoms with Gasteiger partial charge in [0.15, 0.2) is 11.5 Å². The number of hydrogen-bond donors (Lipinski definition) is 1. The molecule has 0 spiro atoms. The number of nitriles is 1. The minimum absolute atomic E-state index is 0.0150. The summed E-state index contributed by atoms with van der Waals surface area (Å²) in [5.74, 6) is 0.794. The summed E-state index contributed by atoms with van der Waals surface area (Å²) in [5, 5.41) is 12.1. The van der Waals surface area contributed by atoms with Gasteiger partial charge in [-0.1, -0.05) is 25.1 Å². The maximum atomic E-state index is 12.4. The lowest BCUT2D eigenvalue weighted by Crippen LogP contribution is -2.13. The van der Waals surface area contributed by atoms with Crippen LogP contribution in [0.1, 0.15) is 31.4 Å². The number of carbonyl (C=O) groups excluding carboxylic acids is 1. The minimum Gasteiger partial charge on any atom is -0.490 e. The first-order valence-corrected chi connectivity index (χ1v) is 8.96. The van der Waals surface area contributed by atoms with Gasteiger partial charge in [-0.15, -0.1) is 0 Å². The lowest BCUT2D eigenvalue weighted by atomic mass is 10.1.